The Hall–Kier alpha value is -1.28. The van der Waals surface area contributed by atoms with Crippen LogP contribution >= 0.6 is 0 Å². The van der Waals surface area contributed by atoms with Gasteiger partial charge in [-0.25, -0.2) is 0 Å². The second kappa shape index (κ2) is 2.89. The van der Waals surface area contributed by atoms with Crippen LogP contribution in [0.15, 0.2) is 36.6 Å². The van der Waals surface area contributed by atoms with Gasteiger partial charge >= 0.3 is 0 Å². The molecular formula is C11H12O2. The molecule has 1 aromatic rings. The molecule has 1 aromatic carbocycles. The van der Waals surface area contributed by atoms with E-state index in [-0.39, 0.29) is 5.92 Å². The predicted molar refractivity (Wildman–Crippen MR) is 50.3 cm³/mol. The summed E-state index contributed by atoms with van der Waals surface area (Å²) in [6.07, 6.45) is -0.488. The maximum Gasteiger partial charge on any atom is 0.132 e. The molecule has 2 atom stereocenters. The number of benzene rings is 1. The summed E-state index contributed by atoms with van der Waals surface area (Å²) in [5.74, 6) is 1.32. The van der Waals surface area contributed by atoms with Crippen molar-refractivity contribution in [2.45, 2.75) is 13.0 Å². The molecule has 0 bridgehead atoms. The number of para-hydroxylation sites is 1. The maximum absolute atomic E-state index is 9.86. The summed E-state index contributed by atoms with van der Waals surface area (Å²) in [6.45, 7) is 5.67. The van der Waals surface area contributed by atoms with Crippen molar-refractivity contribution in [1.82, 2.24) is 0 Å². The third kappa shape index (κ3) is 1.23. The van der Waals surface area contributed by atoms with Crippen LogP contribution in [0.2, 0.25) is 0 Å². The Balaban J connectivity index is 2.49. The summed E-state index contributed by atoms with van der Waals surface area (Å²) in [5, 5.41) is 9.86. The standard InChI is InChI=1S/C11H12O2/c1-7-8(2)13-10-6-4-3-5-9(10)11(7)12/h3-7,11-12H,2H2,1H3/t7-,11-/m1/s1. The number of ether oxygens (including phenoxy) is 1. The molecule has 2 heteroatoms. The second-order valence-corrected chi connectivity index (χ2v) is 3.34. The summed E-state index contributed by atoms with van der Waals surface area (Å²) >= 11 is 0. The lowest BCUT2D eigenvalue weighted by Gasteiger charge is -2.29. The quantitative estimate of drug-likeness (QED) is 0.657. The molecule has 0 spiro atoms. The van der Waals surface area contributed by atoms with Gasteiger partial charge in [-0.2, -0.15) is 0 Å². The number of hydrogen-bond donors (Lipinski definition) is 1. The van der Waals surface area contributed by atoms with E-state index in [0.717, 1.165) is 11.3 Å². The topological polar surface area (TPSA) is 29.5 Å². The SMILES string of the molecule is C=C1Oc2ccccc2[C@H](O)[C@@H]1C. The van der Waals surface area contributed by atoms with Crippen molar-refractivity contribution in [3.05, 3.63) is 42.2 Å². The molecule has 0 saturated carbocycles. The van der Waals surface area contributed by atoms with Gasteiger partial charge in [0.05, 0.1) is 6.10 Å². The Labute approximate surface area is 77.5 Å². The molecule has 2 rings (SSSR count). The summed E-state index contributed by atoms with van der Waals surface area (Å²) in [7, 11) is 0. The zero-order valence-corrected chi connectivity index (χ0v) is 7.53. The Morgan fingerprint density at radius 3 is 2.85 bits per heavy atom. The first-order valence-corrected chi connectivity index (χ1v) is 4.34. The normalized spacial score (nSPS) is 26.5. The minimum Gasteiger partial charge on any atom is -0.462 e. The maximum atomic E-state index is 9.86. The van der Waals surface area contributed by atoms with E-state index in [4.69, 9.17) is 4.74 Å². The molecular weight excluding hydrogens is 164 g/mol. The van der Waals surface area contributed by atoms with Crippen molar-refractivity contribution in [2.24, 2.45) is 5.92 Å². The van der Waals surface area contributed by atoms with Gasteiger partial charge in [0.15, 0.2) is 0 Å². The number of hydrogen-bond acceptors (Lipinski definition) is 2. The van der Waals surface area contributed by atoms with Gasteiger partial charge in [-0.05, 0) is 6.07 Å². The van der Waals surface area contributed by atoms with Gasteiger partial charge in [0, 0.05) is 11.5 Å². The van der Waals surface area contributed by atoms with Crippen LogP contribution in [-0.2, 0) is 0 Å². The van der Waals surface area contributed by atoms with E-state index in [1.807, 2.05) is 31.2 Å². The van der Waals surface area contributed by atoms with Crippen LogP contribution in [-0.4, -0.2) is 5.11 Å². The molecule has 1 aliphatic heterocycles. The summed E-state index contributed by atoms with van der Waals surface area (Å²) in [5.41, 5.74) is 0.849. The van der Waals surface area contributed by atoms with Crippen LogP contribution in [0.5, 0.6) is 5.75 Å². The third-order valence-electron chi connectivity index (χ3n) is 2.46. The highest BCUT2D eigenvalue weighted by Gasteiger charge is 2.28. The highest BCUT2D eigenvalue weighted by Crippen LogP contribution is 2.38. The highest BCUT2D eigenvalue weighted by atomic mass is 16.5. The average molecular weight is 176 g/mol. The van der Waals surface area contributed by atoms with Gasteiger partial charge in [0.1, 0.15) is 11.5 Å². The first kappa shape index (κ1) is 8.32. The number of rotatable bonds is 0. The molecule has 0 aromatic heterocycles. The summed E-state index contributed by atoms with van der Waals surface area (Å²) in [6, 6.07) is 7.50. The van der Waals surface area contributed by atoms with E-state index in [9.17, 15) is 5.11 Å². The molecule has 0 saturated heterocycles. The zero-order valence-electron chi connectivity index (χ0n) is 7.53. The third-order valence-corrected chi connectivity index (χ3v) is 2.46. The molecule has 0 unspecified atom stereocenters. The number of aliphatic hydroxyl groups is 1. The number of fused-ring (bicyclic) bond motifs is 1. The Bertz CT molecular complexity index is 344. The largest absolute Gasteiger partial charge is 0.462 e. The van der Waals surface area contributed by atoms with E-state index in [1.54, 1.807) is 0 Å². The van der Waals surface area contributed by atoms with Crippen LogP contribution in [0, 0.1) is 5.92 Å². The Morgan fingerprint density at radius 2 is 2.08 bits per heavy atom. The van der Waals surface area contributed by atoms with Crippen molar-refractivity contribution >= 4 is 0 Å². The van der Waals surface area contributed by atoms with Crippen LogP contribution in [0.1, 0.15) is 18.6 Å². The van der Waals surface area contributed by atoms with Crippen molar-refractivity contribution in [3.63, 3.8) is 0 Å². The lowest BCUT2D eigenvalue weighted by Crippen LogP contribution is -2.20. The van der Waals surface area contributed by atoms with E-state index in [2.05, 4.69) is 6.58 Å². The molecule has 0 aliphatic carbocycles. The molecule has 2 nitrogen and oxygen atoms in total. The van der Waals surface area contributed by atoms with Crippen LogP contribution in [0.25, 0.3) is 0 Å². The minimum atomic E-state index is -0.488. The fourth-order valence-electron chi connectivity index (χ4n) is 1.50. The molecule has 68 valence electrons. The smallest absolute Gasteiger partial charge is 0.132 e. The molecule has 0 radical (unpaired) electrons. The number of aliphatic hydroxyl groups excluding tert-OH is 1. The minimum absolute atomic E-state index is 0.0325. The van der Waals surface area contributed by atoms with Gasteiger partial charge in [-0.1, -0.05) is 31.7 Å². The van der Waals surface area contributed by atoms with Gasteiger partial charge in [0.2, 0.25) is 0 Å². The van der Waals surface area contributed by atoms with E-state index in [1.165, 1.54) is 0 Å². The first-order chi connectivity index (χ1) is 6.20. The second-order valence-electron chi connectivity index (χ2n) is 3.34. The fraction of sp³-hybridized carbons (Fsp3) is 0.273. The van der Waals surface area contributed by atoms with E-state index in [0.29, 0.717) is 5.76 Å². The van der Waals surface area contributed by atoms with Gasteiger partial charge in [-0.3, -0.25) is 0 Å². The van der Waals surface area contributed by atoms with Crippen molar-refractivity contribution in [3.8, 4) is 5.75 Å². The van der Waals surface area contributed by atoms with Gasteiger partial charge < -0.3 is 9.84 Å². The summed E-state index contributed by atoms with van der Waals surface area (Å²) in [4.78, 5) is 0. The predicted octanol–water partition coefficient (Wildman–Crippen LogP) is 2.26. The molecule has 1 aliphatic rings. The Kier molecular flexibility index (Phi) is 1.85. The monoisotopic (exact) mass is 176 g/mol. The van der Waals surface area contributed by atoms with E-state index >= 15 is 0 Å². The van der Waals surface area contributed by atoms with Crippen molar-refractivity contribution in [2.75, 3.05) is 0 Å². The van der Waals surface area contributed by atoms with Crippen molar-refractivity contribution < 1.29 is 9.84 Å². The lowest BCUT2D eigenvalue weighted by atomic mass is 9.93. The highest BCUT2D eigenvalue weighted by molar-refractivity contribution is 5.39. The Morgan fingerprint density at radius 1 is 1.38 bits per heavy atom. The summed E-state index contributed by atoms with van der Waals surface area (Å²) < 4.78 is 5.46. The van der Waals surface area contributed by atoms with Crippen LogP contribution in [0.4, 0.5) is 0 Å². The molecule has 1 N–H and O–H groups in total. The first-order valence-electron chi connectivity index (χ1n) is 4.34. The molecule has 0 amide bonds. The zero-order chi connectivity index (χ0) is 9.42. The molecule has 0 fully saturated rings. The molecule has 13 heavy (non-hydrogen) atoms. The fourth-order valence-corrected chi connectivity index (χ4v) is 1.50. The van der Waals surface area contributed by atoms with Crippen LogP contribution < -0.4 is 4.74 Å². The molecule has 1 heterocycles. The van der Waals surface area contributed by atoms with Crippen molar-refractivity contribution in [1.29, 1.82) is 0 Å². The average Bonchev–Trinajstić information content (AvgIpc) is 2.15. The van der Waals surface area contributed by atoms with Gasteiger partial charge in [-0.15, -0.1) is 0 Å². The van der Waals surface area contributed by atoms with E-state index < -0.39 is 6.10 Å². The van der Waals surface area contributed by atoms with Crippen LogP contribution in [0.3, 0.4) is 0 Å². The lowest BCUT2D eigenvalue weighted by molar-refractivity contribution is 0.0951. The van der Waals surface area contributed by atoms with Gasteiger partial charge in [0.25, 0.3) is 0 Å².